The van der Waals surface area contributed by atoms with Crippen LogP contribution in [0, 0.1) is 6.92 Å². The maximum absolute atomic E-state index is 13.4. The molecule has 0 fully saturated rings. The molecular weight excluding hydrogens is 488 g/mol. The molecule has 1 aromatic carbocycles. The maximum Gasteiger partial charge on any atom is 0.350 e. The molecule has 1 unspecified atom stereocenters. The van der Waals surface area contributed by atoms with Gasteiger partial charge in [-0.2, -0.15) is 0 Å². The standard InChI is InChI=1S/C25H24N2O6S2/c1-4-12-33-16-10-8-15(9-11-16)19-18(20(28)17-7-6-13-34-17)21(29)23(30)27(19)25-26-14(3)22(35-25)24(31)32-5-2/h6-11,13,19,29H,4-5,12H2,1-3H3. The number of thiophene rings is 1. The number of Topliss-reactive ketones (excluding diaryl/α,β-unsaturated/α-hetero) is 1. The molecule has 0 spiro atoms. The normalized spacial score (nSPS) is 15.6. The van der Waals surface area contributed by atoms with Gasteiger partial charge >= 0.3 is 5.97 Å². The summed E-state index contributed by atoms with van der Waals surface area (Å²) in [6.07, 6.45) is 0.856. The average molecular weight is 513 g/mol. The van der Waals surface area contributed by atoms with Crippen molar-refractivity contribution in [1.82, 2.24) is 4.98 Å². The molecule has 0 saturated carbocycles. The third-order valence-corrected chi connectivity index (χ3v) is 7.32. The number of aryl methyl sites for hydroxylation is 1. The molecule has 3 heterocycles. The van der Waals surface area contributed by atoms with Crippen LogP contribution in [0.15, 0.2) is 53.1 Å². The van der Waals surface area contributed by atoms with Crippen LogP contribution in [0.5, 0.6) is 5.75 Å². The van der Waals surface area contributed by atoms with Gasteiger partial charge in [0.05, 0.1) is 35.4 Å². The van der Waals surface area contributed by atoms with Gasteiger partial charge in [0, 0.05) is 0 Å². The Balaban J connectivity index is 1.80. The van der Waals surface area contributed by atoms with Crippen molar-refractivity contribution in [2.24, 2.45) is 0 Å². The Hall–Kier alpha value is -3.50. The van der Waals surface area contributed by atoms with Crippen LogP contribution in [0.1, 0.15) is 56.9 Å². The van der Waals surface area contributed by atoms with Crippen molar-refractivity contribution in [1.29, 1.82) is 0 Å². The van der Waals surface area contributed by atoms with Gasteiger partial charge in [0.25, 0.3) is 5.91 Å². The first kappa shape index (κ1) is 24.6. The third kappa shape index (κ3) is 4.71. The number of anilines is 1. The highest BCUT2D eigenvalue weighted by atomic mass is 32.1. The fourth-order valence-corrected chi connectivity index (χ4v) is 5.39. The van der Waals surface area contributed by atoms with Crippen LogP contribution < -0.4 is 9.64 Å². The van der Waals surface area contributed by atoms with Gasteiger partial charge in [0.15, 0.2) is 10.9 Å². The molecule has 1 amide bonds. The second kappa shape index (κ2) is 10.4. The molecular formula is C25H24N2O6S2. The Morgan fingerprint density at radius 2 is 1.91 bits per heavy atom. The van der Waals surface area contributed by atoms with E-state index < -0.39 is 29.5 Å². The zero-order valence-electron chi connectivity index (χ0n) is 19.4. The van der Waals surface area contributed by atoms with Crippen molar-refractivity contribution in [3.05, 3.63) is 74.1 Å². The van der Waals surface area contributed by atoms with Gasteiger partial charge in [-0.25, -0.2) is 9.78 Å². The highest BCUT2D eigenvalue weighted by Gasteiger charge is 2.46. The van der Waals surface area contributed by atoms with Crippen LogP contribution in [-0.4, -0.2) is 41.0 Å². The minimum Gasteiger partial charge on any atom is -0.503 e. The van der Waals surface area contributed by atoms with Gasteiger partial charge in [-0.05, 0) is 49.4 Å². The van der Waals surface area contributed by atoms with E-state index in [0.717, 1.165) is 17.8 Å². The number of aliphatic hydroxyl groups is 1. The van der Waals surface area contributed by atoms with Crippen molar-refractivity contribution in [2.75, 3.05) is 18.1 Å². The molecule has 10 heteroatoms. The fraction of sp³-hybridized carbons (Fsp3) is 0.280. The Bertz CT molecular complexity index is 1280. The number of hydrogen-bond acceptors (Lipinski definition) is 9. The fourth-order valence-electron chi connectivity index (χ4n) is 3.73. The first-order valence-electron chi connectivity index (χ1n) is 11.1. The number of aliphatic hydroxyl groups excluding tert-OH is 1. The molecule has 1 aliphatic rings. The summed E-state index contributed by atoms with van der Waals surface area (Å²) < 4.78 is 10.8. The smallest absolute Gasteiger partial charge is 0.350 e. The van der Waals surface area contributed by atoms with E-state index in [1.165, 1.54) is 16.2 Å². The number of amides is 1. The Labute approximate surface area is 210 Å². The SMILES string of the molecule is CCCOc1ccc(C2C(C(=O)c3cccs3)=C(O)C(=O)N2c2nc(C)c(C(=O)OCC)s2)cc1. The molecule has 3 aromatic rings. The highest BCUT2D eigenvalue weighted by molar-refractivity contribution is 7.17. The number of benzene rings is 1. The van der Waals surface area contributed by atoms with E-state index in [9.17, 15) is 19.5 Å². The molecule has 0 bridgehead atoms. The van der Waals surface area contributed by atoms with Crippen molar-refractivity contribution < 1.29 is 29.0 Å². The first-order chi connectivity index (χ1) is 16.9. The van der Waals surface area contributed by atoms with Gasteiger partial charge in [0.1, 0.15) is 10.6 Å². The molecule has 1 aliphatic heterocycles. The average Bonchev–Trinajstić information content (AvgIpc) is 3.57. The molecule has 1 N–H and O–H groups in total. The Morgan fingerprint density at radius 3 is 2.54 bits per heavy atom. The maximum atomic E-state index is 13.4. The number of esters is 1. The van der Waals surface area contributed by atoms with Crippen molar-refractivity contribution in [3.63, 3.8) is 0 Å². The van der Waals surface area contributed by atoms with Crippen molar-refractivity contribution in [3.8, 4) is 5.75 Å². The summed E-state index contributed by atoms with van der Waals surface area (Å²) in [5.74, 6) is -1.72. The summed E-state index contributed by atoms with van der Waals surface area (Å²) >= 11 is 2.21. The van der Waals surface area contributed by atoms with Crippen LogP contribution in [0.4, 0.5) is 5.13 Å². The number of ketones is 1. The van der Waals surface area contributed by atoms with Crippen LogP contribution >= 0.6 is 22.7 Å². The lowest BCUT2D eigenvalue weighted by Crippen LogP contribution is -2.31. The zero-order valence-corrected chi connectivity index (χ0v) is 21.1. The lowest BCUT2D eigenvalue weighted by Gasteiger charge is -2.24. The highest BCUT2D eigenvalue weighted by Crippen LogP contribution is 2.44. The number of rotatable bonds is 9. The van der Waals surface area contributed by atoms with E-state index >= 15 is 0 Å². The molecule has 2 aromatic heterocycles. The molecule has 0 saturated heterocycles. The Morgan fingerprint density at radius 1 is 1.17 bits per heavy atom. The number of hydrogen-bond donors (Lipinski definition) is 1. The summed E-state index contributed by atoms with van der Waals surface area (Å²) in [5.41, 5.74) is 0.956. The molecule has 0 radical (unpaired) electrons. The van der Waals surface area contributed by atoms with E-state index in [4.69, 9.17) is 9.47 Å². The minimum absolute atomic E-state index is 0.0368. The summed E-state index contributed by atoms with van der Waals surface area (Å²) in [7, 11) is 0. The van der Waals surface area contributed by atoms with Crippen LogP contribution in [-0.2, 0) is 9.53 Å². The zero-order chi connectivity index (χ0) is 25.1. The topological polar surface area (TPSA) is 106 Å². The Kier molecular flexibility index (Phi) is 7.32. The van der Waals surface area contributed by atoms with E-state index in [-0.39, 0.29) is 22.2 Å². The van der Waals surface area contributed by atoms with Gasteiger partial charge < -0.3 is 14.6 Å². The number of ether oxygens (including phenoxy) is 2. The molecule has 0 aliphatic carbocycles. The largest absolute Gasteiger partial charge is 0.503 e. The van der Waals surface area contributed by atoms with Gasteiger partial charge in [-0.3, -0.25) is 14.5 Å². The lowest BCUT2D eigenvalue weighted by molar-refractivity contribution is -0.117. The number of thiazole rings is 1. The number of carbonyl (C=O) groups is 3. The van der Waals surface area contributed by atoms with Crippen molar-refractivity contribution >= 4 is 45.5 Å². The molecule has 8 nitrogen and oxygen atoms in total. The molecule has 1 atom stereocenters. The van der Waals surface area contributed by atoms with Crippen LogP contribution in [0.3, 0.4) is 0 Å². The predicted octanol–water partition coefficient (Wildman–Crippen LogP) is 5.26. The van der Waals surface area contributed by atoms with E-state index in [0.29, 0.717) is 28.5 Å². The summed E-state index contributed by atoms with van der Waals surface area (Å²) in [6, 6.07) is 9.46. The summed E-state index contributed by atoms with van der Waals surface area (Å²) in [4.78, 5) is 45.4. The van der Waals surface area contributed by atoms with E-state index in [2.05, 4.69) is 4.98 Å². The quantitative estimate of drug-likeness (QED) is 0.308. The van der Waals surface area contributed by atoms with Crippen LogP contribution in [0.25, 0.3) is 0 Å². The van der Waals surface area contributed by atoms with Gasteiger partial charge in [0.2, 0.25) is 5.78 Å². The first-order valence-corrected chi connectivity index (χ1v) is 12.8. The second-order valence-corrected chi connectivity index (χ2v) is 9.62. The molecule has 35 heavy (non-hydrogen) atoms. The minimum atomic E-state index is -0.932. The number of aromatic nitrogens is 1. The second-order valence-electron chi connectivity index (χ2n) is 7.70. The summed E-state index contributed by atoms with van der Waals surface area (Å²) in [6.45, 7) is 6.11. The monoisotopic (exact) mass is 512 g/mol. The van der Waals surface area contributed by atoms with Crippen LogP contribution in [0.2, 0.25) is 0 Å². The van der Waals surface area contributed by atoms with E-state index in [1.54, 1.807) is 55.6 Å². The lowest BCUT2D eigenvalue weighted by atomic mass is 9.95. The molecule has 182 valence electrons. The van der Waals surface area contributed by atoms with Gasteiger partial charge in [-0.1, -0.05) is 36.5 Å². The number of nitrogens with zero attached hydrogens (tertiary/aromatic N) is 2. The third-order valence-electron chi connectivity index (χ3n) is 5.32. The predicted molar refractivity (Wildman–Crippen MR) is 134 cm³/mol. The summed E-state index contributed by atoms with van der Waals surface area (Å²) in [5, 5.41) is 12.8. The van der Waals surface area contributed by atoms with Gasteiger partial charge in [-0.15, -0.1) is 11.3 Å². The number of carbonyl (C=O) groups excluding carboxylic acids is 3. The van der Waals surface area contributed by atoms with Crippen molar-refractivity contribution in [2.45, 2.75) is 33.2 Å². The van der Waals surface area contributed by atoms with E-state index in [1.807, 2.05) is 6.92 Å². The molecule has 4 rings (SSSR count).